The van der Waals surface area contributed by atoms with Crippen molar-refractivity contribution in [3.8, 4) is 16.8 Å². The fourth-order valence-electron chi connectivity index (χ4n) is 4.85. The van der Waals surface area contributed by atoms with Gasteiger partial charge < -0.3 is 4.57 Å². The lowest BCUT2D eigenvalue weighted by Crippen LogP contribution is -1.95. The number of hydrogen-bond donors (Lipinski definition) is 0. The van der Waals surface area contributed by atoms with Gasteiger partial charge in [0.15, 0.2) is 0 Å². The van der Waals surface area contributed by atoms with Gasteiger partial charge in [-0.25, -0.2) is 0 Å². The zero-order valence-electron chi connectivity index (χ0n) is 18.7. The monoisotopic (exact) mass is 423 g/mol. The van der Waals surface area contributed by atoms with Crippen molar-refractivity contribution in [1.29, 1.82) is 0 Å². The van der Waals surface area contributed by atoms with Crippen molar-refractivity contribution < 1.29 is 0 Å². The Balaban J connectivity index is 1.55. The van der Waals surface area contributed by atoms with Crippen molar-refractivity contribution in [2.24, 2.45) is 0 Å². The van der Waals surface area contributed by atoms with Crippen molar-refractivity contribution in [3.63, 3.8) is 0 Å². The van der Waals surface area contributed by atoms with Gasteiger partial charge in [0.1, 0.15) is 0 Å². The highest BCUT2D eigenvalue weighted by molar-refractivity contribution is 6.09. The van der Waals surface area contributed by atoms with Gasteiger partial charge in [-0.1, -0.05) is 91.0 Å². The largest absolute Gasteiger partial charge is 0.309 e. The topological polar surface area (TPSA) is 4.93 Å². The molecule has 0 fully saturated rings. The Kier molecular flexibility index (Phi) is 4.81. The standard InChI is InChI=1S/C32H25N/c1-23-15-17-29-30-21-25(20-24-9-4-2-5-10-24)16-18-31(30)33(32(29)19-23)28-14-8-13-27(22-28)26-11-6-3-7-12-26/h2-19,21-22H,20H2,1H3. The molecule has 1 nitrogen and oxygen atoms in total. The zero-order valence-corrected chi connectivity index (χ0v) is 18.7. The minimum atomic E-state index is 0.943. The van der Waals surface area contributed by atoms with E-state index in [0.29, 0.717) is 0 Å². The minimum absolute atomic E-state index is 0.943. The van der Waals surface area contributed by atoms with E-state index < -0.39 is 0 Å². The average Bonchev–Trinajstić information content (AvgIpc) is 3.18. The summed E-state index contributed by atoms with van der Waals surface area (Å²) in [6.07, 6.45) is 0.943. The maximum atomic E-state index is 2.41. The van der Waals surface area contributed by atoms with E-state index in [1.807, 2.05) is 0 Å². The molecule has 0 bridgehead atoms. The van der Waals surface area contributed by atoms with Crippen LogP contribution in [0, 0.1) is 6.92 Å². The van der Waals surface area contributed by atoms with E-state index in [4.69, 9.17) is 0 Å². The lowest BCUT2D eigenvalue weighted by atomic mass is 10.0. The van der Waals surface area contributed by atoms with Crippen LogP contribution in [-0.4, -0.2) is 4.57 Å². The molecular weight excluding hydrogens is 398 g/mol. The minimum Gasteiger partial charge on any atom is -0.309 e. The van der Waals surface area contributed by atoms with Gasteiger partial charge in [0.05, 0.1) is 11.0 Å². The first-order valence-corrected chi connectivity index (χ1v) is 11.5. The van der Waals surface area contributed by atoms with Crippen LogP contribution in [0.15, 0.2) is 121 Å². The number of fused-ring (bicyclic) bond motifs is 3. The lowest BCUT2D eigenvalue weighted by molar-refractivity contribution is 1.17. The molecule has 6 aromatic rings. The Labute approximate surface area is 194 Å². The molecule has 0 unspecified atom stereocenters. The summed E-state index contributed by atoms with van der Waals surface area (Å²) in [6.45, 7) is 2.17. The quantitative estimate of drug-likeness (QED) is 0.268. The predicted molar refractivity (Wildman–Crippen MR) is 140 cm³/mol. The number of benzene rings is 5. The van der Waals surface area contributed by atoms with Crippen molar-refractivity contribution >= 4 is 21.8 Å². The number of aryl methyl sites for hydroxylation is 1. The fraction of sp³-hybridized carbons (Fsp3) is 0.0625. The Hall–Kier alpha value is -4.10. The first kappa shape index (κ1) is 19.6. The van der Waals surface area contributed by atoms with Crippen LogP contribution in [0.2, 0.25) is 0 Å². The van der Waals surface area contributed by atoms with E-state index in [0.717, 1.165) is 6.42 Å². The number of aromatic nitrogens is 1. The highest BCUT2D eigenvalue weighted by Crippen LogP contribution is 2.34. The van der Waals surface area contributed by atoms with Gasteiger partial charge in [0, 0.05) is 16.5 Å². The molecule has 0 atom stereocenters. The van der Waals surface area contributed by atoms with Crippen LogP contribution in [0.25, 0.3) is 38.6 Å². The van der Waals surface area contributed by atoms with Crippen LogP contribution in [0.1, 0.15) is 16.7 Å². The third-order valence-corrected chi connectivity index (χ3v) is 6.45. The van der Waals surface area contributed by atoms with E-state index in [9.17, 15) is 0 Å². The molecule has 1 aromatic heterocycles. The molecule has 0 aliphatic carbocycles. The van der Waals surface area contributed by atoms with Crippen LogP contribution in [-0.2, 0) is 6.42 Å². The molecule has 1 heteroatoms. The van der Waals surface area contributed by atoms with Crippen molar-refractivity contribution in [2.45, 2.75) is 13.3 Å². The van der Waals surface area contributed by atoms with E-state index >= 15 is 0 Å². The lowest BCUT2D eigenvalue weighted by Gasteiger charge is -2.11. The Bertz CT molecular complexity index is 1570. The van der Waals surface area contributed by atoms with Gasteiger partial charge in [-0.2, -0.15) is 0 Å². The first-order chi connectivity index (χ1) is 16.3. The average molecular weight is 424 g/mol. The maximum absolute atomic E-state index is 2.41. The SMILES string of the molecule is Cc1ccc2c3cc(Cc4ccccc4)ccc3n(-c3cccc(-c4ccccc4)c3)c2c1. The molecule has 0 saturated carbocycles. The first-order valence-electron chi connectivity index (χ1n) is 11.5. The second-order valence-electron chi connectivity index (χ2n) is 8.79. The maximum Gasteiger partial charge on any atom is 0.0543 e. The van der Waals surface area contributed by atoms with Crippen LogP contribution >= 0.6 is 0 Å². The zero-order chi connectivity index (χ0) is 22.2. The second kappa shape index (κ2) is 8.11. The molecule has 0 saturated heterocycles. The van der Waals surface area contributed by atoms with Gasteiger partial charge in [0.2, 0.25) is 0 Å². The molecule has 0 N–H and O–H groups in total. The predicted octanol–water partition coefficient (Wildman–Crippen LogP) is 8.35. The summed E-state index contributed by atoms with van der Waals surface area (Å²) in [4.78, 5) is 0. The smallest absolute Gasteiger partial charge is 0.0543 e. The Morgan fingerprint density at radius 2 is 1.27 bits per heavy atom. The summed E-state index contributed by atoms with van der Waals surface area (Å²) in [5, 5.41) is 2.61. The normalized spacial score (nSPS) is 11.3. The van der Waals surface area contributed by atoms with Gasteiger partial charge in [-0.15, -0.1) is 0 Å². The van der Waals surface area contributed by atoms with E-state index in [1.54, 1.807) is 0 Å². The van der Waals surface area contributed by atoms with E-state index in [2.05, 4.69) is 133 Å². The van der Waals surface area contributed by atoms with Crippen LogP contribution < -0.4 is 0 Å². The van der Waals surface area contributed by atoms with E-state index in [1.165, 1.54) is 55.3 Å². The summed E-state index contributed by atoms with van der Waals surface area (Å²) in [5.74, 6) is 0. The number of hydrogen-bond acceptors (Lipinski definition) is 0. The fourth-order valence-corrected chi connectivity index (χ4v) is 4.85. The van der Waals surface area contributed by atoms with Crippen molar-refractivity contribution in [1.82, 2.24) is 4.57 Å². The molecule has 0 aliphatic rings. The molecular formula is C32H25N. The molecule has 1 heterocycles. The van der Waals surface area contributed by atoms with Crippen molar-refractivity contribution in [3.05, 3.63) is 138 Å². The van der Waals surface area contributed by atoms with E-state index in [-0.39, 0.29) is 0 Å². The molecule has 0 amide bonds. The third-order valence-electron chi connectivity index (χ3n) is 6.45. The van der Waals surface area contributed by atoms with Crippen LogP contribution in [0.5, 0.6) is 0 Å². The molecule has 5 aromatic carbocycles. The molecule has 158 valence electrons. The number of rotatable bonds is 4. The van der Waals surface area contributed by atoms with Gasteiger partial charge in [-0.3, -0.25) is 0 Å². The molecule has 0 spiro atoms. The molecule has 0 aliphatic heterocycles. The van der Waals surface area contributed by atoms with Crippen molar-refractivity contribution in [2.75, 3.05) is 0 Å². The van der Waals surface area contributed by atoms with Crippen LogP contribution in [0.3, 0.4) is 0 Å². The highest BCUT2D eigenvalue weighted by atomic mass is 15.0. The van der Waals surface area contributed by atoms with Crippen LogP contribution in [0.4, 0.5) is 0 Å². The molecule has 6 rings (SSSR count). The summed E-state index contributed by atoms with van der Waals surface area (Å²) in [5.41, 5.74) is 10.1. The summed E-state index contributed by atoms with van der Waals surface area (Å²) >= 11 is 0. The number of nitrogens with zero attached hydrogens (tertiary/aromatic N) is 1. The summed E-state index contributed by atoms with van der Waals surface area (Å²) < 4.78 is 2.41. The molecule has 0 radical (unpaired) electrons. The van der Waals surface area contributed by atoms with Gasteiger partial charge in [0.25, 0.3) is 0 Å². The summed E-state index contributed by atoms with van der Waals surface area (Å²) in [7, 11) is 0. The Morgan fingerprint density at radius 3 is 2.09 bits per heavy atom. The summed E-state index contributed by atoms with van der Waals surface area (Å²) in [6, 6.07) is 43.9. The van der Waals surface area contributed by atoms with Gasteiger partial charge in [-0.05, 0) is 71.5 Å². The highest BCUT2D eigenvalue weighted by Gasteiger charge is 2.14. The van der Waals surface area contributed by atoms with Gasteiger partial charge >= 0.3 is 0 Å². The third kappa shape index (κ3) is 3.62. The molecule has 33 heavy (non-hydrogen) atoms. The second-order valence-corrected chi connectivity index (χ2v) is 8.79. The Morgan fingerprint density at radius 1 is 0.515 bits per heavy atom.